The molecule has 0 spiro atoms. The van der Waals surface area contributed by atoms with Crippen LogP contribution >= 0.6 is 11.3 Å². The molecular formula is C19H18FN3OS. The van der Waals surface area contributed by atoms with Gasteiger partial charge >= 0.3 is 6.03 Å². The third kappa shape index (κ3) is 4.87. The second-order valence-electron chi connectivity index (χ2n) is 5.65. The highest BCUT2D eigenvalue weighted by molar-refractivity contribution is 7.13. The fourth-order valence-electron chi connectivity index (χ4n) is 2.38. The molecular weight excluding hydrogens is 337 g/mol. The van der Waals surface area contributed by atoms with E-state index in [0.29, 0.717) is 13.0 Å². The molecule has 0 saturated heterocycles. The van der Waals surface area contributed by atoms with E-state index in [2.05, 4.69) is 15.6 Å². The number of carbonyl (C=O) groups excluding carboxylic acids is 1. The summed E-state index contributed by atoms with van der Waals surface area (Å²) in [6.07, 6.45) is 0.618. The number of halogens is 1. The van der Waals surface area contributed by atoms with Crippen molar-refractivity contribution in [2.75, 3.05) is 11.9 Å². The van der Waals surface area contributed by atoms with Crippen LogP contribution in [0.4, 0.5) is 14.9 Å². The topological polar surface area (TPSA) is 54.0 Å². The zero-order valence-electron chi connectivity index (χ0n) is 13.8. The van der Waals surface area contributed by atoms with Gasteiger partial charge < -0.3 is 10.6 Å². The molecule has 3 aromatic rings. The first-order chi connectivity index (χ1) is 12.1. The molecule has 1 heterocycles. The second-order valence-corrected chi connectivity index (χ2v) is 6.51. The Morgan fingerprint density at radius 1 is 1.20 bits per heavy atom. The van der Waals surface area contributed by atoms with Crippen LogP contribution in [0.1, 0.15) is 11.3 Å². The minimum atomic E-state index is -0.274. The van der Waals surface area contributed by atoms with Crippen molar-refractivity contribution in [1.29, 1.82) is 0 Å². The Balaban J connectivity index is 1.50. The van der Waals surface area contributed by atoms with Crippen LogP contribution in [0.15, 0.2) is 53.9 Å². The number of rotatable bonds is 5. The zero-order chi connectivity index (χ0) is 17.6. The fraction of sp³-hybridized carbons (Fsp3) is 0.158. The normalized spacial score (nSPS) is 10.5. The van der Waals surface area contributed by atoms with Gasteiger partial charge in [-0.3, -0.25) is 0 Å². The summed E-state index contributed by atoms with van der Waals surface area (Å²) in [5.41, 5.74) is 3.49. The molecule has 128 valence electrons. The number of thiazole rings is 1. The van der Waals surface area contributed by atoms with Crippen LogP contribution < -0.4 is 10.6 Å². The SMILES string of the molecule is Cc1cccc(NC(=O)NCCc2csc(-c3cccc(F)c3)n2)c1. The molecule has 25 heavy (non-hydrogen) atoms. The van der Waals surface area contributed by atoms with E-state index in [1.807, 2.05) is 42.6 Å². The number of nitrogens with zero attached hydrogens (tertiary/aromatic N) is 1. The Hall–Kier alpha value is -2.73. The van der Waals surface area contributed by atoms with Crippen molar-refractivity contribution >= 4 is 23.1 Å². The molecule has 0 bridgehead atoms. The Morgan fingerprint density at radius 2 is 2.04 bits per heavy atom. The maximum atomic E-state index is 13.3. The van der Waals surface area contributed by atoms with Crippen LogP contribution in [0.3, 0.4) is 0 Å². The monoisotopic (exact) mass is 355 g/mol. The fourth-order valence-corrected chi connectivity index (χ4v) is 3.23. The molecule has 0 atom stereocenters. The van der Waals surface area contributed by atoms with E-state index in [4.69, 9.17) is 0 Å². The number of anilines is 1. The van der Waals surface area contributed by atoms with Crippen LogP contribution in [0, 0.1) is 12.7 Å². The third-order valence-corrected chi connectivity index (χ3v) is 4.51. The number of urea groups is 1. The quantitative estimate of drug-likeness (QED) is 0.701. The molecule has 2 aromatic carbocycles. The second kappa shape index (κ2) is 7.90. The van der Waals surface area contributed by atoms with Crippen LogP contribution in [-0.2, 0) is 6.42 Å². The Kier molecular flexibility index (Phi) is 5.40. The Bertz CT molecular complexity index is 878. The van der Waals surface area contributed by atoms with Crippen molar-refractivity contribution in [3.63, 3.8) is 0 Å². The van der Waals surface area contributed by atoms with Crippen molar-refractivity contribution < 1.29 is 9.18 Å². The minimum Gasteiger partial charge on any atom is -0.337 e. The third-order valence-electron chi connectivity index (χ3n) is 3.57. The highest BCUT2D eigenvalue weighted by Crippen LogP contribution is 2.24. The van der Waals surface area contributed by atoms with Gasteiger partial charge in [-0.25, -0.2) is 14.2 Å². The highest BCUT2D eigenvalue weighted by Gasteiger charge is 2.07. The lowest BCUT2D eigenvalue weighted by molar-refractivity contribution is 0.252. The van der Waals surface area contributed by atoms with Gasteiger partial charge in [0.05, 0.1) is 5.69 Å². The maximum Gasteiger partial charge on any atom is 0.319 e. The van der Waals surface area contributed by atoms with Crippen molar-refractivity contribution in [3.8, 4) is 10.6 Å². The lowest BCUT2D eigenvalue weighted by Gasteiger charge is -2.07. The van der Waals surface area contributed by atoms with Gasteiger partial charge in [0.25, 0.3) is 0 Å². The van der Waals surface area contributed by atoms with E-state index in [-0.39, 0.29) is 11.8 Å². The van der Waals surface area contributed by atoms with E-state index >= 15 is 0 Å². The first-order valence-electron chi connectivity index (χ1n) is 7.92. The Morgan fingerprint density at radius 3 is 2.84 bits per heavy atom. The van der Waals surface area contributed by atoms with E-state index < -0.39 is 0 Å². The molecule has 0 saturated carbocycles. The van der Waals surface area contributed by atoms with Crippen LogP contribution in [0.5, 0.6) is 0 Å². The summed E-state index contributed by atoms with van der Waals surface area (Å²) in [4.78, 5) is 16.4. The maximum absolute atomic E-state index is 13.3. The molecule has 0 aliphatic carbocycles. The van der Waals surface area contributed by atoms with Gasteiger partial charge in [0, 0.05) is 29.6 Å². The number of amides is 2. The van der Waals surface area contributed by atoms with Crippen molar-refractivity contribution in [2.45, 2.75) is 13.3 Å². The van der Waals surface area contributed by atoms with E-state index in [1.54, 1.807) is 6.07 Å². The largest absolute Gasteiger partial charge is 0.337 e. The number of aromatic nitrogens is 1. The van der Waals surface area contributed by atoms with Gasteiger partial charge in [0.2, 0.25) is 0 Å². The predicted octanol–water partition coefficient (Wildman–Crippen LogP) is 4.62. The molecule has 0 fully saturated rings. The predicted molar refractivity (Wildman–Crippen MR) is 99.4 cm³/mol. The molecule has 0 aliphatic heterocycles. The lowest BCUT2D eigenvalue weighted by atomic mass is 10.2. The van der Waals surface area contributed by atoms with Gasteiger partial charge in [-0.05, 0) is 36.8 Å². The summed E-state index contributed by atoms with van der Waals surface area (Å²) in [6, 6.07) is 13.8. The highest BCUT2D eigenvalue weighted by atomic mass is 32.1. The van der Waals surface area contributed by atoms with E-state index in [1.165, 1.54) is 23.5 Å². The van der Waals surface area contributed by atoms with E-state index in [9.17, 15) is 9.18 Å². The number of hydrogen-bond acceptors (Lipinski definition) is 3. The van der Waals surface area contributed by atoms with Crippen molar-refractivity contribution in [2.24, 2.45) is 0 Å². The molecule has 4 nitrogen and oxygen atoms in total. The van der Waals surface area contributed by atoms with Crippen molar-refractivity contribution in [3.05, 3.63) is 71.0 Å². The van der Waals surface area contributed by atoms with Gasteiger partial charge in [-0.1, -0.05) is 24.3 Å². The average Bonchev–Trinajstić information content (AvgIpc) is 3.04. The summed E-state index contributed by atoms with van der Waals surface area (Å²) in [7, 11) is 0. The number of hydrogen-bond donors (Lipinski definition) is 2. The molecule has 1 aromatic heterocycles. The lowest BCUT2D eigenvalue weighted by Crippen LogP contribution is -2.30. The van der Waals surface area contributed by atoms with E-state index in [0.717, 1.165) is 27.5 Å². The number of nitrogens with one attached hydrogen (secondary N) is 2. The molecule has 6 heteroatoms. The molecule has 2 amide bonds. The average molecular weight is 355 g/mol. The molecule has 0 unspecified atom stereocenters. The van der Waals surface area contributed by atoms with Gasteiger partial charge in [-0.2, -0.15) is 0 Å². The van der Waals surface area contributed by atoms with Gasteiger partial charge in [0.1, 0.15) is 10.8 Å². The first kappa shape index (κ1) is 17.1. The zero-order valence-corrected chi connectivity index (χ0v) is 14.6. The first-order valence-corrected chi connectivity index (χ1v) is 8.80. The minimum absolute atomic E-state index is 0.244. The standard InChI is InChI=1S/C19H18FN3OS/c1-13-4-2-7-16(10-13)23-19(24)21-9-8-17-12-25-18(22-17)14-5-3-6-15(20)11-14/h2-7,10-12H,8-9H2,1H3,(H2,21,23,24). The summed E-state index contributed by atoms with van der Waals surface area (Å²) in [5, 5.41) is 8.32. The number of carbonyl (C=O) groups is 1. The van der Waals surface area contributed by atoms with Gasteiger partial charge in [-0.15, -0.1) is 11.3 Å². The summed E-state index contributed by atoms with van der Waals surface area (Å²) in [5.74, 6) is -0.274. The number of benzene rings is 2. The van der Waals surface area contributed by atoms with Crippen molar-refractivity contribution in [1.82, 2.24) is 10.3 Å². The summed E-state index contributed by atoms with van der Waals surface area (Å²) < 4.78 is 13.3. The van der Waals surface area contributed by atoms with Crippen LogP contribution in [-0.4, -0.2) is 17.6 Å². The van der Waals surface area contributed by atoms with Gasteiger partial charge in [0.15, 0.2) is 0 Å². The number of aryl methyl sites for hydroxylation is 1. The van der Waals surface area contributed by atoms with Crippen LogP contribution in [0.25, 0.3) is 10.6 Å². The smallest absolute Gasteiger partial charge is 0.319 e. The molecule has 0 radical (unpaired) electrons. The molecule has 2 N–H and O–H groups in total. The Labute approximate surface area is 149 Å². The molecule has 0 aliphatic rings. The summed E-state index contributed by atoms with van der Waals surface area (Å²) in [6.45, 7) is 2.45. The van der Waals surface area contributed by atoms with Crippen LogP contribution in [0.2, 0.25) is 0 Å². The molecule has 3 rings (SSSR count). The summed E-state index contributed by atoms with van der Waals surface area (Å²) >= 11 is 1.47.